The van der Waals surface area contributed by atoms with Crippen molar-refractivity contribution in [3.8, 4) is 0 Å². The zero-order valence-electron chi connectivity index (χ0n) is 13.9. The van der Waals surface area contributed by atoms with Gasteiger partial charge in [0.1, 0.15) is 5.69 Å². The number of hydrogen-bond donors (Lipinski definition) is 0. The summed E-state index contributed by atoms with van der Waals surface area (Å²) in [4.78, 5) is 14.6. The molecular weight excluding hydrogens is 345 g/mol. The van der Waals surface area contributed by atoms with Crippen LogP contribution in [0, 0.1) is 0 Å². The van der Waals surface area contributed by atoms with Crippen LogP contribution in [0.3, 0.4) is 0 Å². The van der Waals surface area contributed by atoms with Crippen LogP contribution >= 0.6 is 0 Å². The highest BCUT2D eigenvalue weighted by Gasteiger charge is 2.30. The van der Waals surface area contributed by atoms with Crippen molar-refractivity contribution < 1.29 is 22.4 Å². The number of likely N-dealkylation sites (tertiary alicyclic amines) is 1. The first-order valence-electron chi connectivity index (χ1n) is 8.45. The summed E-state index contributed by atoms with van der Waals surface area (Å²) in [5.74, 6) is -0.0687. The van der Waals surface area contributed by atoms with Crippen LogP contribution in [-0.4, -0.2) is 28.5 Å². The molecule has 1 aliphatic heterocycles. The van der Waals surface area contributed by atoms with E-state index in [1.54, 1.807) is 17.0 Å². The van der Waals surface area contributed by atoms with Crippen molar-refractivity contribution in [1.29, 1.82) is 0 Å². The second kappa shape index (κ2) is 6.23. The van der Waals surface area contributed by atoms with Crippen molar-refractivity contribution in [2.24, 2.45) is 0 Å². The predicted octanol–water partition coefficient (Wildman–Crippen LogP) is 4.54. The number of carbonyl (C=O) groups is 1. The molecule has 0 bridgehead atoms. The number of carbonyl (C=O) groups excluding carboxylic acids is 1. The molecule has 0 unspecified atom stereocenters. The molecule has 136 valence electrons. The summed E-state index contributed by atoms with van der Waals surface area (Å²) >= 11 is 0. The Morgan fingerprint density at radius 2 is 1.77 bits per heavy atom. The summed E-state index contributed by atoms with van der Waals surface area (Å²) in [7, 11) is 0. The van der Waals surface area contributed by atoms with Crippen molar-refractivity contribution in [3.63, 3.8) is 0 Å². The van der Waals surface area contributed by atoms with Gasteiger partial charge in [-0.15, -0.1) is 0 Å². The molecular formula is C19H17F3N2O2. The number of aromatic nitrogens is 1. The molecule has 1 amide bonds. The van der Waals surface area contributed by atoms with E-state index in [-0.39, 0.29) is 5.91 Å². The number of fused-ring (bicyclic) bond motifs is 1. The first kappa shape index (κ1) is 16.8. The molecule has 1 aromatic carbocycles. The molecule has 0 aliphatic carbocycles. The van der Waals surface area contributed by atoms with E-state index in [0.717, 1.165) is 43.6 Å². The van der Waals surface area contributed by atoms with Gasteiger partial charge >= 0.3 is 6.18 Å². The van der Waals surface area contributed by atoms with Crippen molar-refractivity contribution in [1.82, 2.24) is 9.47 Å². The number of rotatable bonds is 3. The van der Waals surface area contributed by atoms with Gasteiger partial charge in [0.15, 0.2) is 5.58 Å². The molecule has 1 aliphatic rings. The molecule has 1 saturated heterocycles. The topological polar surface area (TPSA) is 38.4 Å². The monoisotopic (exact) mass is 362 g/mol. The van der Waals surface area contributed by atoms with Crippen molar-refractivity contribution in [2.45, 2.75) is 25.6 Å². The van der Waals surface area contributed by atoms with Gasteiger partial charge in [-0.2, -0.15) is 13.2 Å². The van der Waals surface area contributed by atoms with Gasteiger partial charge < -0.3 is 13.9 Å². The number of benzene rings is 1. The average Bonchev–Trinajstić information content (AvgIpc) is 3.32. The minimum absolute atomic E-state index is 0.0687. The maximum atomic E-state index is 12.8. The Balaban J connectivity index is 1.68. The highest BCUT2D eigenvalue weighted by Crippen LogP contribution is 2.30. The molecule has 4 rings (SSSR count). The Labute approximate surface area is 147 Å². The number of nitrogens with zero attached hydrogens (tertiary/aromatic N) is 2. The fraction of sp³-hybridized carbons (Fsp3) is 0.316. The Bertz CT molecular complexity index is 932. The predicted molar refractivity (Wildman–Crippen MR) is 89.9 cm³/mol. The van der Waals surface area contributed by atoms with Gasteiger partial charge in [-0.1, -0.05) is 12.1 Å². The van der Waals surface area contributed by atoms with Crippen LogP contribution in [0.1, 0.15) is 34.5 Å². The Kier molecular flexibility index (Phi) is 4.01. The zero-order valence-corrected chi connectivity index (χ0v) is 13.9. The van der Waals surface area contributed by atoms with Crippen LogP contribution < -0.4 is 0 Å². The minimum Gasteiger partial charge on any atom is -0.463 e. The van der Waals surface area contributed by atoms with Gasteiger partial charge in [0.05, 0.1) is 17.3 Å². The SMILES string of the molecule is O=C(c1cc2occc2n1Cc1ccc(C(F)(F)F)cc1)N1CCCC1. The second-order valence-corrected chi connectivity index (χ2v) is 6.48. The van der Waals surface area contributed by atoms with E-state index in [4.69, 9.17) is 4.42 Å². The number of amides is 1. The average molecular weight is 362 g/mol. The lowest BCUT2D eigenvalue weighted by Crippen LogP contribution is -2.29. The first-order valence-corrected chi connectivity index (χ1v) is 8.45. The molecule has 26 heavy (non-hydrogen) atoms. The van der Waals surface area contributed by atoms with E-state index < -0.39 is 11.7 Å². The largest absolute Gasteiger partial charge is 0.463 e. The number of halogens is 3. The number of hydrogen-bond acceptors (Lipinski definition) is 2. The summed E-state index contributed by atoms with van der Waals surface area (Å²) in [6.45, 7) is 1.76. The Morgan fingerprint density at radius 1 is 1.08 bits per heavy atom. The lowest BCUT2D eigenvalue weighted by Gasteiger charge is -2.17. The Morgan fingerprint density at radius 3 is 2.42 bits per heavy atom. The van der Waals surface area contributed by atoms with E-state index in [9.17, 15) is 18.0 Å². The van der Waals surface area contributed by atoms with Gasteiger partial charge in [-0.25, -0.2) is 0 Å². The van der Waals surface area contributed by atoms with E-state index in [1.807, 2.05) is 4.57 Å². The van der Waals surface area contributed by atoms with Crippen LogP contribution in [0.5, 0.6) is 0 Å². The summed E-state index contributed by atoms with van der Waals surface area (Å²) in [5.41, 5.74) is 1.86. The smallest absolute Gasteiger partial charge is 0.416 e. The van der Waals surface area contributed by atoms with Gasteiger partial charge in [0.2, 0.25) is 0 Å². The lowest BCUT2D eigenvalue weighted by molar-refractivity contribution is -0.137. The van der Waals surface area contributed by atoms with Crippen LogP contribution in [0.2, 0.25) is 0 Å². The molecule has 3 aromatic rings. The van der Waals surface area contributed by atoms with E-state index in [0.29, 0.717) is 23.4 Å². The normalized spacial score (nSPS) is 15.1. The first-order chi connectivity index (χ1) is 12.4. The summed E-state index contributed by atoms with van der Waals surface area (Å²) in [6, 6.07) is 8.48. The third kappa shape index (κ3) is 2.98. The molecule has 0 radical (unpaired) electrons. The zero-order chi connectivity index (χ0) is 18.3. The number of alkyl halides is 3. The summed E-state index contributed by atoms with van der Waals surface area (Å²) in [5, 5.41) is 0. The van der Waals surface area contributed by atoms with Crippen LogP contribution in [0.25, 0.3) is 11.1 Å². The molecule has 0 spiro atoms. The lowest BCUT2D eigenvalue weighted by atomic mass is 10.1. The van der Waals surface area contributed by atoms with E-state index in [2.05, 4.69) is 0 Å². The quantitative estimate of drug-likeness (QED) is 0.686. The standard InChI is InChI=1S/C19H17F3N2O2/c20-19(21,22)14-5-3-13(4-6-14)12-24-15-7-10-26-17(15)11-16(24)18(25)23-8-1-2-9-23/h3-7,10-11H,1-2,8-9,12H2. The highest BCUT2D eigenvalue weighted by atomic mass is 19.4. The van der Waals surface area contributed by atoms with Crippen LogP contribution in [-0.2, 0) is 12.7 Å². The minimum atomic E-state index is -4.36. The van der Waals surface area contributed by atoms with Crippen molar-refractivity contribution in [2.75, 3.05) is 13.1 Å². The third-order valence-corrected chi connectivity index (χ3v) is 4.76. The molecule has 1 fully saturated rings. The van der Waals surface area contributed by atoms with Gasteiger partial charge in [-0.3, -0.25) is 4.79 Å². The third-order valence-electron chi connectivity index (χ3n) is 4.76. The molecule has 2 aromatic heterocycles. The molecule has 0 atom stereocenters. The summed E-state index contributed by atoms with van der Waals surface area (Å²) in [6.07, 6.45) is -0.846. The second-order valence-electron chi connectivity index (χ2n) is 6.48. The fourth-order valence-electron chi connectivity index (χ4n) is 3.39. The maximum Gasteiger partial charge on any atom is 0.416 e. The van der Waals surface area contributed by atoms with E-state index >= 15 is 0 Å². The fourth-order valence-corrected chi connectivity index (χ4v) is 3.39. The molecule has 4 nitrogen and oxygen atoms in total. The van der Waals surface area contributed by atoms with Crippen LogP contribution in [0.15, 0.2) is 47.1 Å². The van der Waals surface area contributed by atoms with Crippen molar-refractivity contribution in [3.05, 3.63) is 59.5 Å². The summed E-state index contributed by atoms with van der Waals surface area (Å²) < 4.78 is 45.4. The van der Waals surface area contributed by atoms with Gasteiger partial charge in [0, 0.05) is 31.8 Å². The van der Waals surface area contributed by atoms with E-state index in [1.165, 1.54) is 18.4 Å². The molecule has 3 heterocycles. The highest BCUT2D eigenvalue weighted by molar-refractivity contribution is 5.97. The number of furan rings is 1. The molecule has 0 saturated carbocycles. The van der Waals surface area contributed by atoms with Gasteiger partial charge in [-0.05, 0) is 30.5 Å². The molecule has 0 N–H and O–H groups in total. The van der Waals surface area contributed by atoms with Gasteiger partial charge in [0.25, 0.3) is 5.91 Å². The maximum absolute atomic E-state index is 12.8. The Hall–Kier alpha value is -2.70. The van der Waals surface area contributed by atoms with Crippen LogP contribution in [0.4, 0.5) is 13.2 Å². The van der Waals surface area contributed by atoms with Crippen molar-refractivity contribution >= 4 is 17.0 Å². The molecule has 7 heteroatoms.